The van der Waals surface area contributed by atoms with E-state index in [0.29, 0.717) is 11.3 Å². The highest BCUT2D eigenvalue weighted by molar-refractivity contribution is 6.00. The van der Waals surface area contributed by atoms with Gasteiger partial charge in [-0.2, -0.15) is 0 Å². The number of hydrogen-bond donors (Lipinski definition) is 2. The largest absolute Gasteiger partial charge is 0.360 e. The zero-order chi connectivity index (χ0) is 25.0. The first-order valence-electron chi connectivity index (χ1n) is 12.3. The molecule has 188 valence electrons. The highest BCUT2D eigenvalue weighted by Crippen LogP contribution is 2.53. The van der Waals surface area contributed by atoms with Crippen LogP contribution >= 0.6 is 0 Å². The number of rotatable bonds is 6. The molecule has 0 radical (unpaired) electrons. The predicted molar refractivity (Wildman–Crippen MR) is 125 cm³/mol. The molecule has 4 heterocycles. The zero-order valence-corrected chi connectivity index (χ0v) is 19.8. The van der Waals surface area contributed by atoms with Gasteiger partial charge in [0.2, 0.25) is 17.7 Å². The molecule has 1 aromatic carbocycles. The summed E-state index contributed by atoms with van der Waals surface area (Å²) in [5, 5.41) is 9.61. The Labute approximate surface area is 207 Å². The Kier molecular flexibility index (Phi) is 5.44. The SMILES string of the molecule is Cc1cc(NC(=O)[C@@H]2[C@H]3C(=O)N([C@H](C(=O)NC4CCCC4)c4ccc(F)cc4)C[C@]34C=C[C@H]2O4)no1. The number of aryl methyl sites for hydroxylation is 1. The summed E-state index contributed by atoms with van der Waals surface area (Å²) in [6, 6.07) is 6.30. The van der Waals surface area contributed by atoms with Crippen LogP contribution in [0.4, 0.5) is 10.2 Å². The van der Waals surface area contributed by atoms with E-state index in [4.69, 9.17) is 9.26 Å². The van der Waals surface area contributed by atoms with Crippen molar-refractivity contribution in [3.05, 3.63) is 59.6 Å². The topological polar surface area (TPSA) is 114 Å². The van der Waals surface area contributed by atoms with Gasteiger partial charge in [0, 0.05) is 12.1 Å². The van der Waals surface area contributed by atoms with Crippen molar-refractivity contribution < 1.29 is 28.0 Å². The van der Waals surface area contributed by atoms with Crippen molar-refractivity contribution in [1.82, 2.24) is 15.4 Å². The monoisotopic (exact) mass is 494 g/mol. The van der Waals surface area contributed by atoms with Gasteiger partial charge in [0.1, 0.15) is 23.2 Å². The van der Waals surface area contributed by atoms with E-state index < -0.39 is 41.3 Å². The molecule has 2 saturated heterocycles. The van der Waals surface area contributed by atoms with E-state index in [0.717, 1.165) is 25.7 Å². The maximum absolute atomic E-state index is 13.9. The molecule has 0 unspecified atom stereocenters. The van der Waals surface area contributed by atoms with Crippen molar-refractivity contribution in [2.75, 3.05) is 11.9 Å². The van der Waals surface area contributed by atoms with Crippen molar-refractivity contribution >= 4 is 23.5 Å². The lowest BCUT2D eigenvalue weighted by molar-refractivity contribution is -0.142. The van der Waals surface area contributed by atoms with Gasteiger partial charge in [-0.1, -0.05) is 42.3 Å². The third-order valence-corrected chi connectivity index (χ3v) is 7.76. The first-order valence-corrected chi connectivity index (χ1v) is 12.3. The van der Waals surface area contributed by atoms with Gasteiger partial charge >= 0.3 is 0 Å². The lowest BCUT2D eigenvalue weighted by Crippen LogP contribution is -2.46. The van der Waals surface area contributed by atoms with Crippen molar-refractivity contribution in [1.29, 1.82) is 0 Å². The minimum Gasteiger partial charge on any atom is -0.360 e. The molecule has 9 nitrogen and oxygen atoms in total. The summed E-state index contributed by atoms with van der Waals surface area (Å²) in [6.07, 6.45) is 6.95. The number of nitrogens with one attached hydrogen (secondary N) is 2. The summed E-state index contributed by atoms with van der Waals surface area (Å²) >= 11 is 0. The molecule has 10 heteroatoms. The number of carbonyl (C=O) groups excluding carboxylic acids is 3. The molecule has 1 spiro atoms. The first kappa shape index (κ1) is 22.9. The van der Waals surface area contributed by atoms with Gasteiger partial charge in [0.25, 0.3) is 0 Å². The molecule has 3 fully saturated rings. The van der Waals surface area contributed by atoms with Crippen LogP contribution in [0.25, 0.3) is 0 Å². The number of fused-ring (bicyclic) bond motifs is 1. The second-order valence-electron chi connectivity index (χ2n) is 10.1. The van der Waals surface area contributed by atoms with Gasteiger partial charge in [-0.15, -0.1) is 0 Å². The Hall–Kier alpha value is -3.53. The second kappa shape index (κ2) is 8.55. The van der Waals surface area contributed by atoms with Crippen LogP contribution in [0.15, 0.2) is 47.0 Å². The van der Waals surface area contributed by atoms with Crippen LogP contribution in [-0.4, -0.2) is 52.1 Å². The molecule has 1 saturated carbocycles. The highest BCUT2D eigenvalue weighted by atomic mass is 19.1. The molecule has 3 amide bonds. The maximum atomic E-state index is 13.9. The fourth-order valence-electron chi connectivity index (χ4n) is 6.15. The van der Waals surface area contributed by atoms with Gasteiger partial charge in [-0.3, -0.25) is 14.4 Å². The third kappa shape index (κ3) is 3.71. The van der Waals surface area contributed by atoms with E-state index in [1.807, 2.05) is 6.08 Å². The number of aromatic nitrogens is 1. The van der Waals surface area contributed by atoms with Crippen molar-refractivity contribution in [3.63, 3.8) is 0 Å². The number of hydrogen-bond acceptors (Lipinski definition) is 6. The predicted octanol–water partition coefficient (Wildman–Crippen LogP) is 2.64. The standard InChI is InChI=1S/C26H27FN4O5/c1-14-12-19(30-36-14)29-23(32)20-18-10-11-26(35-18)13-31(25(34)21(20)26)22(15-6-8-16(27)9-7-15)24(33)28-17-4-2-3-5-17/h6-12,17-18,20-22H,2-5,13H2,1H3,(H,28,33)(H,29,30,32)/t18-,20+,21+,22+,26-/m1/s1. The summed E-state index contributed by atoms with van der Waals surface area (Å²) in [4.78, 5) is 42.2. The first-order chi connectivity index (χ1) is 17.3. The summed E-state index contributed by atoms with van der Waals surface area (Å²) < 4.78 is 24.9. The summed E-state index contributed by atoms with van der Waals surface area (Å²) in [5.74, 6) is -2.23. The molecule has 2 aromatic rings. The Morgan fingerprint density at radius 1 is 1.22 bits per heavy atom. The Bertz CT molecular complexity index is 1240. The number of amides is 3. The molecule has 3 aliphatic heterocycles. The molecular weight excluding hydrogens is 467 g/mol. The van der Waals surface area contributed by atoms with Gasteiger partial charge < -0.3 is 24.8 Å². The molecule has 4 aliphatic rings. The van der Waals surface area contributed by atoms with E-state index in [1.165, 1.54) is 29.2 Å². The molecule has 1 aromatic heterocycles. The molecule has 2 bridgehead atoms. The number of nitrogens with zero attached hydrogens (tertiary/aromatic N) is 2. The van der Waals surface area contributed by atoms with Crippen molar-refractivity contribution in [2.45, 2.75) is 56.4 Å². The quantitative estimate of drug-likeness (QED) is 0.597. The lowest BCUT2D eigenvalue weighted by Gasteiger charge is -2.30. The van der Waals surface area contributed by atoms with E-state index in [9.17, 15) is 18.8 Å². The van der Waals surface area contributed by atoms with Crippen LogP contribution in [0.1, 0.15) is 43.0 Å². The number of anilines is 1. The number of likely N-dealkylation sites (tertiary alicyclic amines) is 1. The van der Waals surface area contributed by atoms with Gasteiger partial charge in [0.15, 0.2) is 5.82 Å². The Morgan fingerprint density at radius 2 is 1.97 bits per heavy atom. The maximum Gasteiger partial charge on any atom is 0.247 e. The zero-order valence-electron chi connectivity index (χ0n) is 19.8. The average molecular weight is 495 g/mol. The van der Waals surface area contributed by atoms with Crippen LogP contribution in [-0.2, 0) is 19.1 Å². The second-order valence-corrected chi connectivity index (χ2v) is 10.1. The van der Waals surface area contributed by atoms with Gasteiger partial charge in [0.05, 0.1) is 24.5 Å². The van der Waals surface area contributed by atoms with Crippen LogP contribution in [0.2, 0.25) is 0 Å². The van der Waals surface area contributed by atoms with Crippen molar-refractivity contribution in [2.24, 2.45) is 11.8 Å². The third-order valence-electron chi connectivity index (χ3n) is 7.76. The molecular formula is C26H27FN4O5. The molecule has 5 atom stereocenters. The van der Waals surface area contributed by atoms with Gasteiger partial charge in [-0.25, -0.2) is 4.39 Å². The van der Waals surface area contributed by atoms with Crippen LogP contribution < -0.4 is 10.6 Å². The summed E-state index contributed by atoms with van der Waals surface area (Å²) in [7, 11) is 0. The highest BCUT2D eigenvalue weighted by Gasteiger charge is 2.68. The van der Waals surface area contributed by atoms with Crippen LogP contribution in [0.3, 0.4) is 0 Å². The normalized spacial score (nSPS) is 29.6. The lowest BCUT2D eigenvalue weighted by atomic mass is 9.77. The van der Waals surface area contributed by atoms with Crippen LogP contribution in [0, 0.1) is 24.6 Å². The Morgan fingerprint density at radius 3 is 2.67 bits per heavy atom. The molecule has 6 rings (SSSR count). The van der Waals surface area contributed by atoms with Crippen molar-refractivity contribution in [3.8, 4) is 0 Å². The fourth-order valence-corrected chi connectivity index (χ4v) is 6.15. The Balaban J connectivity index is 1.30. The van der Waals surface area contributed by atoms with Crippen LogP contribution in [0.5, 0.6) is 0 Å². The van der Waals surface area contributed by atoms with Gasteiger partial charge in [-0.05, 0) is 37.5 Å². The van der Waals surface area contributed by atoms with E-state index in [-0.39, 0.29) is 30.2 Å². The molecule has 1 aliphatic carbocycles. The summed E-state index contributed by atoms with van der Waals surface area (Å²) in [6.45, 7) is 1.84. The minimum atomic E-state index is -1.00. The van der Waals surface area contributed by atoms with E-state index in [1.54, 1.807) is 19.1 Å². The summed E-state index contributed by atoms with van der Waals surface area (Å²) in [5.41, 5.74) is -0.496. The molecule has 2 N–H and O–H groups in total. The van der Waals surface area contributed by atoms with E-state index in [2.05, 4.69) is 15.8 Å². The smallest absolute Gasteiger partial charge is 0.247 e. The van der Waals surface area contributed by atoms with E-state index >= 15 is 0 Å². The average Bonchev–Trinajstić information content (AvgIpc) is 3.66. The number of halogens is 1. The number of benzene rings is 1. The number of carbonyl (C=O) groups is 3. The minimum absolute atomic E-state index is 0.0484. The molecule has 36 heavy (non-hydrogen) atoms. The fraction of sp³-hybridized carbons (Fsp3) is 0.462. The number of ether oxygens (including phenoxy) is 1.